The topological polar surface area (TPSA) is 12.9 Å². The van der Waals surface area contributed by atoms with Crippen LogP contribution in [0.15, 0.2) is 6.20 Å². The van der Waals surface area contributed by atoms with Gasteiger partial charge < -0.3 is 0 Å². The molecule has 0 aliphatic rings. The van der Waals surface area contributed by atoms with E-state index in [1.165, 1.54) is 11.3 Å². The maximum absolute atomic E-state index is 5.57. The average Bonchev–Trinajstić information content (AvgIpc) is 2.11. The summed E-state index contributed by atoms with van der Waals surface area (Å²) in [5.74, 6) is 0. The summed E-state index contributed by atoms with van der Waals surface area (Å²) in [6.45, 7) is 1.87. The number of aryl methyl sites for hydroxylation is 1. The van der Waals surface area contributed by atoms with Crippen LogP contribution in [0.1, 0.15) is 9.88 Å². The third-order valence-electron chi connectivity index (χ3n) is 0.901. The lowest BCUT2D eigenvalue weighted by molar-refractivity contribution is 1.24. The zero-order chi connectivity index (χ0) is 7.78. The SMILES string of the molecule is Cc1ncc(C(Cl)(Cl)Cl)s1. The summed E-state index contributed by atoms with van der Waals surface area (Å²) in [5, 5.41) is 0.904. The average molecular weight is 217 g/mol. The first-order valence-corrected chi connectivity index (χ1v) is 4.45. The third kappa shape index (κ3) is 1.99. The molecule has 0 saturated carbocycles. The lowest BCUT2D eigenvalue weighted by Gasteiger charge is -2.04. The van der Waals surface area contributed by atoms with Crippen LogP contribution in [0, 0.1) is 6.92 Å². The molecule has 0 amide bonds. The van der Waals surface area contributed by atoms with Crippen molar-refractivity contribution in [3.8, 4) is 0 Å². The molecule has 1 aromatic heterocycles. The molecule has 1 nitrogen and oxygen atoms in total. The van der Waals surface area contributed by atoms with E-state index in [4.69, 9.17) is 34.8 Å². The normalized spacial score (nSPS) is 12.0. The zero-order valence-corrected chi connectivity index (χ0v) is 8.15. The quantitative estimate of drug-likeness (QED) is 0.607. The molecule has 0 saturated heterocycles. The standard InChI is InChI=1S/C5H4Cl3NS/c1-3-9-2-4(10-3)5(6,7)8/h2H,1H3. The van der Waals surface area contributed by atoms with Crippen molar-refractivity contribution in [2.24, 2.45) is 0 Å². The molecule has 0 aliphatic heterocycles. The molecule has 1 aromatic rings. The molecule has 1 heterocycles. The first kappa shape index (κ1) is 8.60. The molecular weight excluding hydrogens is 212 g/mol. The van der Waals surface area contributed by atoms with Gasteiger partial charge in [0, 0.05) is 6.20 Å². The van der Waals surface area contributed by atoms with E-state index >= 15 is 0 Å². The van der Waals surface area contributed by atoms with Crippen LogP contribution in [0.4, 0.5) is 0 Å². The highest BCUT2D eigenvalue weighted by atomic mass is 35.6. The summed E-state index contributed by atoms with van der Waals surface area (Å²) in [6, 6.07) is 0. The Bertz CT molecular complexity index is 227. The summed E-state index contributed by atoms with van der Waals surface area (Å²) < 4.78 is -1.31. The van der Waals surface area contributed by atoms with Crippen molar-refractivity contribution in [2.45, 2.75) is 10.7 Å². The predicted octanol–water partition coefficient (Wildman–Crippen LogP) is 3.28. The van der Waals surface area contributed by atoms with Gasteiger partial charge in [0.1, 0.15) is 0 Å². The van der Waals surface area contributed by atoms with Crippen LogP contribution < -0.4 is 0 Å². The highest BCUT2D eigenvalue weighted by molar-refractivity contribution is 7.13. The Kier molecular flexibility index (Phi) is 2.46. The highest BCUT2D eigenvalue weighted by Crippen LogP contribution is 2.40. The first-order valence-electron chi connectivity index (χ1n) is 2.50. The maximum atomic E-state index is 5.57. The summed E-state index contributed by atoms with van der Waals surface area (Å²) in [4.78, 5) is 4.61. The maximum Gasteiger partial charge on any atom is 0.226 e. The van der Waals surface area contributed by atoms with Crippen LogP contribution in [0.3, 0.4) is 0 Å². The monoisotopic (exact) mass is 215 g/mol. The molecule has 56 valence electrons. The number of alkyl halides is 3. The van der Waals surface area contributed by atoms with E-state index in [-0.39, 0.29) is 0 Å². The van der Waals surface area contributed by atoms with E-state index in [9.17, 15) is 0 Å². The van der Waals surface area contributed by atoms with E-state index in [2.05, 4.69) is 4.98 Å². The summed E-state index contributed by atoms with van der Waals surface area (Å²) in [6.07, 6.45) is 1.58. The van der Waals surface area contributed by atoms with Gasteiger partial charge in [-0.25, -0.2) is 4.98 Å². The van der Waals surface area contributed by atoms with Gasteiger partial charge in [0.15, 0.2) is 0 Å². The van der Waals surface area contributed by atoms with Gasteiger partial charge in [0.25, 0.3) is 0 Å². The lowest BCUT2D eigenvalue weighted by atomic mass is 10.6. The van der Waals surface area contributed by atoms with Gasteiger partial charge >= 0.3 is 0 Å². The largest absolute Gasteiger partial charge is 0.250 e. The number of halogens is 3. The van der Waals surface area contributed by atoms with Crippen LogP contribution in [-0.2, 0) is 3.79 Å². The van der Waals surface area contributed by atoms with Crippen molar-refractivity contribution < 1.29 is 0 Å². The molecule has 0 aliphatic carbocycles. The van der Waals surface area contributed by atoms with Crippen LogP contribution in [0.2, 0.25) is 0 Å². The molecule has 0 radical (unpaired) electrons. The molecule has 5 heteroatoms. The Hall–Kier alpha value is 0.500. The number of nitrogens with zero attached hydrogens (tertiary/aromatic N) is 1. The number of rotatable bonds is 0. The third-order valence-corrected chi connectivity index (χ3v) is 2.88. The molecule has 0 spiro atoms. The van der Waals surface area contributed by atoms with Crippen LogP contribution in [-0.4, -0.2) is 4.98 Å². The minimum atomic E-state index is -1.31. The van der Waals surface area contributed by atoms with Crippen molar-refractivity contribution in [3.05, 3.63) is 16.1 Å². The van der Waals surface area contributed by atoms with Crippen LogP contribution in [0.25, 0.3) is 0 Å². The lowest BCUT2D eigenvalue weighted by Crippen LogP contribution is -1.94. The van der Waals surface area contributed by atoms with Crippen LogP contribution >= 0.6 is 46.1 Å². The molecule has 0 N–H and O–H groups in total. The van der Waals surface area contributed by atoms with Gasteiger partial charge in [-0.05, 0) is 6.92 Å². The molecule has 10 heavy (non-hydrogen) atoms. The molecular formula is C5H4Cl3NS. The number of thiazole rings is 1. The van der Waals surface area contributed by atoms with E-state index in [0.29, 0.717) is 4.88 Å². The summed E-state index contributed by atoms with van der Waals surface area (Å²) >= 11 is 18.1. The Morgan fingerprint density at radius 3 is 2.30 bits per heavy atom. The Balaban J connectivity index is 2.96. The van der Waals surface area contributed by atoms with Crippen molar-refractivity contribution in [2.75, 3.05) is 0 Å². The molecule has 0 unspecified atom stereocenters. The fourth-order valence-electron chi connectivity index (χ4n) is 0.492. The smallest absolute Gasteiger partial charge is 0.226 e. The number of hydrogen-bond acceptors (Lipinski definition) is 2. The van der Waals surface area contributed by atoms with Gasteiger partial charge in [0.2, 0.25) is 3.79 Å². The molecule has 0 aromatic carbocycles. The second kappa shape index (κ2) is 2.86. The van der Waals surface area contributed by atoms with Crippen LogP contribution in [0.5, 0.6) is 0 Å². The van der Waals surface area contributed by atoms with E-state index in [1.807, 2.05) is 6.92 Å². The van der Waals surface area contributed by atoms with Gasteiger partial charge in [0.05, 0.1) is 9.88 Å². The van der Waals surface area contributed by atoms with Gasteiger partial charge in [-0.3, -0.25) is 0 Å². The van der Waals surface area contributed by atoms with Gasteiger partial charge in [-0.15, -0.1) is 11.3 Å². The summed E-state index contributed by atoms with van der Waals surface area (Å²) in [7, 11) is 0. The molecule has 1 rings (SSSR count). The fraction of sp³-hybridized carbons (Fsp3) is 0.400. The second-order valence-electron chi connectivity index (χ2n) is 1.74. The number of aromatic nitrogens is 1. The Labute approximate surface area is 77.9 Å². The van der Waals surface area contributed by atoms with E-state index in [0.717, 1.165) is 5.01 Å². The minimum absolute atomic E-state index is 0.662. The predicted molar refractivity (Wildman–Crippen MR) is 46.1 cm³/mol. The minimum Gasteiger partial charge on any atom is -0.250 e. The Morgan fingerprint density at radius 1 is 1.50 bits per heavy atom. The van der Waals surface area contributed by atoms with Crippen molar-refractivity contribution >= 4 is 46.1 Å². The highest BCUT2D eigenvalue weighted by Gasteiger charge is 2.24. The fourth-order valence-corrected chi connectivity index (χ4v) is 1.63. The molecule has 0 bridgehead atoms. The number of hydrogen-bond donors (Lipinski definition) is 0. The Morgan fingerprint density at radius 2 is 2.10 bits per heavy atom. The van der Waals surface area contributed by atoms with Gasteiger partial charge in [-0.2, -0.15) is 0 Å². The second-order valence-corrected chi connectivity index (χ2v) is 5.26. The summed E-state index contributed by atoms with van der Waals surface area (Å²) in [5.41, 5.74) is 0. The first-order chi connectivity index (χ1) is 4.50. The molecule has 0 atom stereocenters. The molecule has 0 fully saturated rings. The van der Waals surface area contributed by atoms with Crippen molar-refractivity contribution in [1.29, 1.82) is 0 Å². The zero-order valence-electron chi connectivity index (χ0n) is 5.07. The van der Waals surface area contributed by atoms with E-state index < -0.39 is 3.79 Å². The van der Waals surface area contributed by atoms with Crippen molar-refractivity contribution in [3.63, 3.8) is 0 Å². The van der Waals surface area contributed by atoms with Gasteiger partial charge in [-0.1, -0.05) is 34.8 Å². The van der Waals surface area contributed by atoms with Crippen molar-refractivity contribution in [1.82, 2.24) is 4.98 Å². The van der Waals surface area contributed by atoms with E-state index in [1.54, 1.807) is 6.20 Å².